The summed E-state index contributed by atoms with van der Waals surface area (Å²) in [7, 11) is 0. The molecule has 0 bridgehead atoms. The quantitative estimate of drug-likeness (QED) is 0.555. The number of likely N-dealkylation sites (tertiary alicyclic amines) is 1. The number of nitrogens with zero attached hydrogens (tertiary/aromatic N) is 2. The number of aromatic nitrogens is 2. The first kappa shape index (κ1) is 21.5. The molecular weight excluding hydrogens is 406 g/mol. The summed E-state index contributed by atoms with van der Waals surface area (Å²) in [6.07, 6.45) is 3.03. The third kappa shape index (κ3) is 5.51. The Morgan fingerprint density at radius 2 is 1.75 bits per heavy atom. The van der Waals surface area contributed by atoms with E-state index < -0.39 is 0 Å². The molecule has 0 saturated carbocycles. The Bertz CT molecular complexity index is 1140. The van der Waals surface area contributed by atoms with Gasteiger partial charge in [-0.15, -0.1) is 0 Å². The minimum absolute atomic E-state index is 0.0506. The number of H-pyrrole nitrogens is 1. The number of carbonyl (C=O) groups is 2. The van der Waals surface area contributed by atoms with Crippen LogP contribution in [0.3, 0.4) is 0 Å². The third-order valence-electron chi connectivity index (χ3n) is 5.68. The largest absolute Gasteiger partial charge is 0.343 e. The fourth-order valence-electron chi connectivity index (χ4n) is 3.97. The average molecular weight is 434 g/mol. The molecule has 1 aliphatic heterocycles. The summed E-state index contributed by atoms with van der Waals surface area (Å²) in [4.78, 5) is 46.0. The number of carbonyl (C=O) groups excluding carboxylic acids is 2. The van der Waals surface area contributed by atoms with Crippen molar-refractivity contribution < 1.29 is 9.59 Å². The number of para-hydroxylation sites is 2. The van der Waals surface area contributed by atoms with Crippen molar-refractivity contribution in [1.82, 2.24) is 20.2 Å². The van der Waals surface area contributed by atoms with Crippen molar-refractivity contribution in [2.45, 2.75) is 38.1 Å². The minimum Gasteiger partial charge on any atom is -0.343 e. The molecule has 32 heavy (non-hydrogen) atoms. The van der Waals surface area contributed by atoms with Crippen LogP contribution in [-0.2, 0) is 11.2 Å². The lowest BCUT2D eigenvalue weighted by atomic mass is 10.0. The maximum atomic E-state index is 12.6. The maximum absolute atomic E-state index is 12.6. The molecule has 2 heterocycles. The van der Waals surface area contributed by atoms with Crippen molar-refractivity contribution in [3.05, 3.63) is 70.8 Å². The van der Waals surface area contributed by atoms with Gasteiger partial charge in [0.2, 0.25) is 5.91 Å². The van der Waals surface area contributed by atoms with Gasteiger partial charge in [-0.3, -0.25) is 9.59 Å². The van der Waals surface area contributed by atoms with Crippen LogP contribution in [0.25, 0.3) is 10.9 Å². The summed E-state index contributed by atoms with van der Waals surface area (Å²) in [5, 5.41) is 6.37. The van der Waals surface area contributed by atoms with Crippen molar-refractivity contribution in [2.24, 2.45) is 0 Å². The normalized spacial score (nSPS) is 14.3. The number of hydrogen-bond donors (Lipinski definition) is 3. The van der Waals surface area contributed by atoms with Crippen molar-refractivity contribution in [3.8, 4) is 0 Å². The monoisotopic (exact) mass is 433 g/mol. The number of hydrogen-bond acceptors (Lipinski definition) is 4. The Hall–Kier alpha value is -3.68. The number of aryl methyl sites for hydroxylation is 1. The number of amides is 3. The van der Waals surface area contributed by atoms with E-state index in [1.807, 2.05) is 53.4 Å². The lowest BCUT2D eigenvalue weighted by molar-refractivity contribution is -0.132. The van der Waals surface area contributed by atoms with Gasteiger partial charge < -0.3 is 20.5 Å². The highest BCUT2D eigenvalue weighted by molar-refractivity contribution is 5.89. The summed E-state index contributed by atoms with van der Waals surface area (Å²) in [6, 6.07) is 16.4. The van der Waals surface area contributed by atoms with Gasteiger partial charge in [0.1, 0.15) is 5.82 Å². The smallest absolute Gasteiger partial charge is 0.319 e. The molecule has 1 saturated heterocycles. The van der Waals surface area contributed by atoms with E-state index in [1.54, 1.807) is 6.07 Å². The minimum atomic E-state index is -0.224. The van der Waals surface area contributed by atoms with Gasteiger partial charge in [0.05, 0.1) is 10.9 Å². The van der Waals surface area contributed by atoms with Crippen LogP contribution in [0.1, 0.15) is 31.5 Å². The molecule has 3 aromatic rings. The van der Waals surface area contributed by atoms with Crippen LogP contribution in [0.4, 0.5) is 10.5 Å². The van der Waals surface area contributed by atoms with E-state index in [4.69, 9.17) is 0 Å². The Morgan fingerprint density at radius 3 is 2.53 bits per heavy atom. The van der Waals surface area contributed by atoms with Crippen LogP contribution < -0.4 is 16.2 Å². The van der Waals surface area contributed by atoms with Crippen LogP contribution in [0.2, 0.25) is 0 Å². The molecule has 166 valence electrons. The van der Waals surface area contributed by atoms with Gasteiger partial charge in [0.25, 0.3) is 5.56 Å². The van der Waals surface area contributed by atoms with Gasteiger partial charge in [-0.25, -0.2) is 9.78 Å². The number of nitrogens with one attached hydrogen (secondary N) is 3. The summed E-state index contributed by atoms with van der Waals surface area (Å²) in [6.45, 7) is 1.25. The number of aromatic amines is 1. The molecule has 2 aromatic carbocycles. The van der Waals surface area contributed by atoms with Gasteiger partial charge in [-0.1, -0.05) is 30.3 Å². The second kappa shape index (κ2) is 10.1. The lowest BCUT2D eigenvalue weighted by Gasteiger charge is -2.32. The van der Waals surface area contributed by atoms with E-state index in [0.717, 1.165) is 18.5 Å². The molecule has 1 aromatic heterocycles. The van der Waals surface area contributed by atoms with Gasteiger partial charge >= 0.3 is 6.03 Å². The van der Waals surface area contributed by atoms with Gasteiger partial charge in [0.15, 0.2) is 0 Å². The molecule has 8 nitrogen and oxygen atoms in total. The summed E-state index contributed by atoms with van der Waals surface area (Å²) in [5.41, 5.74) is 1.27. The molecule has 0 unspecified atom stereocenters. The first-order valence-electron chi connectivity index (χ1n) is 11.0. The summed E-state index contributed by atoms with van der Waals surface area (Å²) in [5.74, 6) is 0.703. The molecule has 0 radical (unpaired) electrons. The molecule has 3 amide bonds. The molecular formula is C24H27N5O3. The van der Waals surface area contributed by atoms with Crippen LogP contribution in [0, 0.1) is 0 Å². The Labute approximate surface area is 186 Å². The zero-order valence-electron chi connectivity index (χ0n) is 17.8. The fourth-order valence-corrected chi connectivity index (χ4v) is 3.97. The second-order valence-corrected chi connectivity index (χ2v) is 8.00. The predicted octanol–water partition coefficient (Wildman–Crippen LogP) is 3.06. The highest BCUT2D eigenvalue weighted by Crippen LogP contribution is 2.14. The molecule has 3 N–H and O–H groups in total. The number of piperidine rings is 1. The molecule has 4 rings (SSSR count). The first-order valence-corrected chi connectivity index (χ1v) is 11.0. The average Bonchev–Trinajstić information content (AvgIpc) is 2.80. The SMILES string of the molecule is O=C(Nc1ccccc1)NC1CCN(C(=O)CCCc2nc3ccccc3c(=O)[nH]2)CC1. The molecule has 0 atom stereocenters. The van der Waals surface area contributed by atoms with E-state index in [0.29, 0.717) is 49.1 Å². The fraction of sp³-hybridized carbons (Fsp3) is 0.333. The Balaban J connectivity index is 1.19. The third-order valence-corrected chi connectivity index (χ3v) is 5.68. The highest BCUT2D eigenvalue weighted by atomic mass is 16.2. The number of anilines is 1. The van der Waals surface area contributed by atoms with E-state index in [9.17, 15) is 14.4 Å². The lowest BCUT2D eigenvalue weighted by Crippen LogP contribution is -2.47. The van der Waals surface area contributed by atoms with Crippen molar-refractivity contribution in [3.63, 3.8) is 0 Å². The number of urea groups is 1. The van der Waals surface area contributed by atoms with E-state index in [-0.39, 0.29) is 23.5 Å². The van der Waals surface area contributed by atoms with E-state index >= 15 is 0 Å². The van der Waals surface area contributed by atoms with Crippen LogP contribution in [0.5, 0.6) is 0 Å². The zero-order valence-corrected chi connectivity index (χ0v) is 17.8. The van der Waals surface area contributed by atoms with E-state index in [1.165, 1.54) is 0 Å². The summed E-state index contributed by atoms with van der Waals surface area (Å²) >= 11 is 0. The van der Waals surface area contributed by atoms with Crippen LogP contribution in [0.15, 0.2) is 59.4 Å². The van der Waals surface area contributed by atoms with Crippen LogP contribution >= 0.6 is 0 Å². The molecule has 1 fully saturated rings. The predicted molar refractivity (Wildman–Crippen MR) is 124 cm³/mol. The van der Waals surface area contributed by atoms with Gasteiger partial charge in [-0.05, 0) is 43.5 Å². The number of benzene rings is 2. The van der Waals surface area contributed by atoms with Crippen molar-refractivity contribution >= 4 is 28.5 Å². The highest BCUT2D eigenvalue weighted by Gasteiger charge is 2.23. The van der Waals surface area contributed by atoms with Crippen LogP contribution in [-0.4, -0.2) is 45.9 Å². The van der Waals surface area contributed by atoms with E-state index in [2.05, 4.69) is 20.6 Å². The maximum Gasteiger partial charge on any atom is 0.319 e. The first-order chi connectivity index (χ1) is 15.6. The molecule has 0 aliphatic carbocycles. The number of fused-ring (bicyclic) bond motifs is 1. The van der Waals surface area contributed by atoms with Crippen molar-refractivity contribution in [2.75, 3.05) is 18.4 Å². The molecule has 1 aliphatic rings. The van der Waals surface area contributed by atoms with Gasteiger partial charge in [0, 0.05) is 37.7 Å². The molecule has 0 spiro atoms. The Kier molecular flexibility index (Phi) is 6.79. The zero-order chi connectivity index (χ0) is 22.3. The van der Waals surface area contributed by atoms with Gasteiger partial charge in [-0.2, -0.15) is 0 Å². The summed E-state index contributed by atoms with van der Waals surface area (Å²) < 4.78 is 0. The Morgan fingerprint density at radius 1 is 1.03 bits per heavy atom. The topological polar surface area (TPSA) is 107 Å². The molecule has 8 heteroatoms. The van der Waals surface area contributed by atoms with Crippen molar-refractivity contribution in [1.29, 1.82) is 0 Å². The second-order valence-electron chi connectivity index (χ2n) is 8.00. The number of rotatable bonds is 6. The standard InChI is InChI=1S/C24H27N5O3/c30-22(12-6-11-21-27-20-10-5-4-9-19(20)23(31)28-21)29-15-13-18(14-16-29)26-24(32)25-17-7-2-1-3-8-17/h1-5,7-10,18H,6,11-16H2,(H2,25,26,32)(H,27,28,31).